The third kappa shape index (κ3) is 4.00. The van der Waals surface area contributed by atoms with E-state index in [4.69, 9.17) is 16.3 Å². The fraction of sp³-hybridized carbons (Fsp3) is 0.375. The van der Waals surface area contributed by atoms with Crippen molar-refractivity contribution < 1.29 is 27.8 Å². The van der Waals surface area contributed by atoms with Crippen molar-refractivity contribution in [2.45, 2.75) is 37.7 Å². The zero-order chi connectivity index (χ0) is 24.0. The second-order valence-electron chi connectivity index (χ2n) is 8.15. The number of alkyl halides is 3. The maximum absolute atomic E-state index is 14.7. The maximum atomic E-state index is 14.7. The van der Waals surface area contributed by atoms with Crippen LogP contribution in [0.4, 0.5) is 23.7 Å². The summed E-state index contributed by atoms with van der Waals surface area (Å²) in [4.78, 5) is 15.3. The van der Waals surface area contributed by atoms with Crippen molar-refractivity contribution in [2.75, 3.05) is 19.1 Å². The van der Waals surface area contributed by atoms with Crippen LogP contribution < -0.4 is 9.64 Å². The lowest BCUT2D eigenvalue weighted by Crippen LogP contribution is -2.62. The molecule has 0 bridgehead atoms. The molecule has 33 heavy (non-hydrogen) atoms. The van der Waals surface area contributed by atoms with Gasteiger partial charge in [0.25, 0.3) is 0 Å². The van der Waals surface area contributed by atoms with Crippen LogP contribution in [0.2, 0.25) is 5.02 Å². The van der Waals surface area contributed by atoms with E-state index >= 15 is 0 Å². The minimum Gasteiger partial charge on any atom is -0.497 e. The summed E-state index contributed by atoms with van der Waals surface area (Å²) in [6.45, 7) is -0.476. The highest BCUT2D eigenvalue weighted by Crippen LogP contribution is 2.51. The molecule has 0 radical (unpaired) electrons. The van der Waals surface area contributed by atoms with E-state index in [1.807, 2.05) is 0 Å². The molecule has 1 heterocycles. The van der Waals surface area contributed by atoms with E-state index in [1.165, 1.54) is 24.1 Å². The largest absolute Gasteiger partial charge is 0.497 e. The summed E-state index contributed by atoms with van der Waals surface area (Å²) in [7, 11) is 2.63. The summed E-state index contributed by atoms with van der Waals surface area (Å²) >= 11 is 6.23. The van der Waals surface area contributed by atoms with E-state index in [0.29, 0.717) is 16.2 Å². The van der Waals surface area contributed by atoms with Gasteiger partial charge in [-0.15, -0.1) is 0 Å². The van der Waals surface area contributed by atoms with Crippen molar-refractivity contribution >= 4 is 23.3 Å². The molecule has 0 aromatic heterocycles. The second-order valence-corrected chi connectivity index (χ2v) is 8.55. The lowest BCUT2D eigenvalue weighted by Gasteiger charge is -2.47. The normalized spacial score (nSPS) is 20.3. The molecule has 1 aliphatic carbocycles. The molecule has 1 aliphatic heterocycles. The minimum atomic E-state index is -4.88. The van der Waals surface area contributed by atoms with Gasteiger partial charge in [-0.3, -0.25) is 9.80 Å². The standard InChI is InChI=1S/C24H22ClF3N2O3/c1-29-22(32)30(13-16-5-7-18(33-2)8-6-16)21-11-17(14-31)20(25)12-19(21)23(29,24(26,27)28)10-9-15-3-4-15/h5-8,11-12,15,31H,3-4,13-14H2,1-2H3. The summed E-state index contributed by atoms with van der Waals surface area (Å²) in [5.41, 5.74) is -2.16. The highest BCUT2D eigenvalue weighted by atomic mass is 35.5. The highest BCUT2D eigenvalue weighted by molar-refractivity contribution is 6.31. The summed E-state index contributed by atoms with van der Waals surface area (Å²) in [6, 6.07) is 8.52. The van der Waals surface area contributed by atoms with Crippen LogP contribution in [0.15, 0.2) is 36.4 Å². The van der Waals surface area contributed by atoms with Crippen molar-refractivity contribution in [1.82, 2.24) is 4.90 Å². The second kappa shape index (κ2) is 8.47. The summed E-state index contributed by atoms with van der Waals surface area (Å²) in [6.07, 6.45) is -3.41. The highest BCUT2D eigenvalue weighted by Gasteiger charge is 2.63. The van der Waals surface area contributed by atoms with Crippen LogP contribution in [0.5, 0.6) is 5.75 Å². The number of methoxy groups -OCH3 is 1. The third-order valence-corrected chi connectivity index (χ3v) is 6.33. The summed E-state index contributed by atoms with van der Waals surface area (Å²) in [5.74, 6) is 5.61. The molecular formula is C24H22ClF3N2O3. The molecule has 174 valence electrons. The number of ether oxygens (including phenoxy) is 1. The van der Waals surface area contributed by atoms with Gasteiger partial charge in [0.1, 0.15) is 5.75 Å². The van der Waals surface area contributed by atoms with E-state index in [-0.39, 0.29) is 34.3 Å². The number of carbonyl (C=O) groups is 1. The predicted octanol–water partition coefficient (Wildman–Crippen LogP) is 5.08. The number of anilines is 1. The molecule has 9 heteroatoms. The molecule has 4 rings (SSSR count). The molecule has 0 saturated heterocycles. The van der Waals surface area contributed by atoms with Crippen molar-refractivity contribution in [3.63, 3.8) is 0 Å². The molecule has 1 N–H and O–H groups in total. The Morgan fingerprint density at radius 1 is 1.24 bits per heavy atom. The monoisotopic (exact) mass is 478 g/mol. The van der Waals surface area contributed by atoms with Crippen LogP contribution in [0.1, 0.15) is 29.5 Å². The van der Waals surface area contributed by atoms with Gasteiger partial charge in [0, 0.05) is 23.6 Å². The fourth-order valence-corrected chi connectivity index (χ4v) is 4.14. The molecule has 1 fully saturated rings. The van der Waals surface area contributed by atoms with Crippen molar-refractivity contribution in [1.29, 1.82) is 0 Å². The Labute approximate surface area is 194 Å². The SMILES string of the molecule is COc1ccc(CN2C(=O)N(C)C(C#CC3CC3)(C(F)(F)F)c3cc(Cl)c(CO)cc32)cc1. The molecule has 1 saturated carbocycles. The number of amides is 2. The number of aliphatic hydroxyl groups excluding tert-OH is 1. The lowest BCUT2D eigenvalue weighted by atomic mass is 9.83. The van der Waals surface area contributed by atoms with Gasteiger partial charge >= 0.3 is 12.2 Å². The topological polar surface area (TPSA) is 53.0 Å². The number of hydrogen-bond donors (Lipinski definition) is 1. The number of nitrogens with zero attached hydrogens (tertiary/aromatic N) is 2. The van der Waals surface area contributed by atoms with Gasteiger partial charge in [0.2, 0.25) is 5.54 Å². The van der Waals surface area contributed by atoms with Crippen LogP contribution >= 0.6 is 11.6 Å². The number of fused-ring (bicyclic) bond motifs is 1. The van der Waals surface area contributed by atoms with Crippen LogP contribution in [-0.2, 0) is 18.7 Å². The Balaban J connectivity index is 1.91. The molecule has 2 aliphatic rings. The molecule has 1 atom stereocenters. The number of benzene rings is 2. The maximum Gasteiger partial charge on any atom is 0.427 e. The van der Waals surface area contributed by atoms with Gasteiger partial charge in [-0.1, -0.05) is 35.6 Å². The molecule has 2 amide bonds. The van der Waals surface area contributed by atoms with E-state index in [9.17, 15) is 23.1 Å². The molecule has 1 unspecified atom stereocenters. The number of rotatable bonds is 4. The molecule has 5 nitrogen and oxygen atoms in total. The molecule has 2 aromatic carbocycles. The Bertz CT molecular complexity index is 1140. The van der Waals surface area contributed by atoms with Crippen LogP contribution in [0, 0.1) is 17.8 Å². The predicted molar refractivity (Wildman–Crippen MR) is 118 cm³/mol. The first-order chi connectivity index (χ1) is 15.6. The van der Waals surface area contributed by atoms with E-state index in [0.717, 1.165) is 19.9 Å². The average molecular weight is 479 g/mol. The van der Waals surface area contributed by atoms with Gasteiger partial charge in [-0.25, -0.2) is 4.79 Å². The number of hydrogen-bond acceptors (Lipinski definition) is 3. The molecule has 0 spiro atoms. The Morgan fingerprint density at radius 3 is 2.45 bits per heavy atom. The summed E-state index contributed by atoms with van der Waals surface area (Å²) in [5, 5.41) is 9.66. The van der Waals surface area contributed by atoms with E-state index < -0.39 is 24.4 Å². The summed E-state index contributed by atoms with van der Waals surface area (Å²) < 4.78 is 49.2. The van der Waals surface area contributed by atoms with Crippen molar-refractivity contribution in [2.24, 2.45) is 5.92 Å². The number of urea groups is 1. The smallest absolute Gasteiger partial charge is 0.427 e. The van der Waals surface area contributed by atoms with Crippen LogP contribution in [0.3, 0.4) is 0 Å². The van der Waals surface area contributed by atoms with E-state index in [2.05, 4.69) is 11.8 Å². The Kier molecular flexibility index (Phi) is 5.97. The van der Waals surface area contributed by atoms with Gasteiger partial charge in [0.15, 0.2) is 0 Å². The van der Waals surface area contributed by atoms with Gasteiger partial charge in [-0.05, 0) is 48.2 Å². The molecular weight excluding hydrogens is 457 g/mol. The first kappa shape index (κ1) is 23.3. The van der Waals surface area contributed by atoms with Gasteiger partial charge in [-0.2, -0.15) is 13.2 Å². The van der Waals surface area contributed by atoms with Crippen molar-refractivity contribution in [3.05, 3.63) is 58.1 Å². The first-order valence-corrected chi connectivity index (χ1v) is 10.7. The zero-order valence-electron chi connectivity index (χ0n) is 18.0. The first-order valence-electron chi connectivity index (χ1n) is 10.3. The van der Waals surface area contributed by atoms with E-state index in [1.54, 1.807) is 24.3 Å². The number of carbonyl (C=O) groups excluding carboxylic acids is 1. The van der Waals surface area contributed by atoms with Gasteiger partial charge < -0.3 is 9.84 Å². The number of halogens is 4. The van der Waals surface area contributed by atoms with Crippen LogP contribution in [-0.4, -0.2) is 36.4 Å². The lowest BCUT2D eigenvalue weighted by molar-refractivity contribution is -0.204. The Morgan fingerprint density at radius 2 is 1.91 bits per heavy atom. The number of aliphatic hydroxyl groups is 1. The average Bonchev–Trinajstić information content (AvgIpc) is 3.61. The van der Waals surface area contributed by atoms with Crippen molar-refractivity contribution in [3.8, 4) is 17.6 Å². The fourth-order valence-electron chi connectivity index (χ4n) is 3.91. The molecule has 2 aromatic rings. The van der Waals surface area contributed by atoms with Gasteiger partial charge in [0.05, 0.1) is 25.9 Å². The van der Waals surface area contributed by atoms with Crippen LogP contribution in [0.25, 0.3) is 0 Å². The quantitative estimate of drug-likeness (QED) is 0.623. The Hall–Kier alpha value is -2.89. The zero-order valence-corrected chi connectivity index (χ0v) is 18.8. The minimum absolute atomic E-state index is 0.0106. The third-order valence-electron chi connectivity index (χ3n) is 5.98.